The Morgan fingerprint density at radius 2 is 2.11 bits per heavy atom. The van der Waals surface area contributed by atoms with E-state index < -0.39 is 5.60 Å². The second-order valence-electron chi connectivity index (χ2n) is 5.72. The summed E-state index contributed by atoms with van der Waals surface area (Å²) in [6.07, 6.45) is 3.27. The minimum Gasteiger partial charge on any atom is -0.389 e. The molecule has 2 unspecified atom stereocenters. The molecule has 1 aliphatic carbocycles. The van der Waals surface area contributed by atoms with Gasteiger partial charge in [-0.05, 0) is 38.6 Å². The summed E-state index contributed by atoms with van der Waals surface area (Å²) in [5, 5.41) is 10.8. The van der Waals surface area contributed by atoms with Crippen molar-refractivity contribution in [1.29, 1.82) is 0 Å². The van der Waals surface area contributed by atoms with Gasteiger partial charge in [-0.2, -0.15) is 0 Å². The predicted molar refractivity (Wildman–Crippen MR) is 70.9 cm³/mol. The molecule has 2 atom stereocenters. The molecule has 0 aliphatic heterocycles. The molecule has 0 saturated heterocycles. The lowest BCUT2D eigenvalue weighted by Gasteiger charge is -2.32. The molecule has 1 saturated carbocycles. The summed E-state index contributed by atoms with van der Waals surface area (Å²) in [7, 11) is 4.03. The SMILES string of the molecule is CN(C)CC1CCCC1(O)Cc1ccccc1F. The second-order valence-corrected chi connectivity index (χ2v) is 5.72. The lowest BCUT2D eigenvalue weighted by atomic mass is 9.84. The van der Waals surface area contributed by atoms with E-state index in [2.05, 4.69) is 4.90 Å². The molecule has 2 rings (SSSR count). The fourth-order valence-corrected chi connectivity index (χ4v) is 3.03. The molecule has 0 aromatic heterocycles. The fraction of sp³-hybridized carbons (Fsp3) is 0.600. The maximum Gasteiger partial charge on any atom is 0.126 e. The Morgan fingerprint density at radius 3 is 2.78 bits per heavy atom. The maximum atomic E-state index is 13.7. The monoisotopic (exact) mass is 251 g/mol. The molecule has 1 N–H and O–H groups in total. The zero-order chi connectivity index (χ0) is 13.2. The number of benzene rings is 1. The van der Waals surface area contributed by atoms with Crippen molar-refractivity contribution >= 4 is 0 Å². The first-order valence-electron chi connectivity index (χ1n) is 6.62. The van der Waals surface area contributed by atoms with Crippen LogP contribution < -0.4 is 0 Å². The summed E-state index contributed by atoms with van der Waals surface area (Å²) in [6.45, 7) is 0.866. The van der Waals surface area contributed by atoms with Crippen molar-refractivity contribution in [3.05, 3.63) is 35.6 Å². The first-order valence-corrected chi connectivity index (χ1v) is 6.62. The van der Waals surface area contributed by atoms with Crippen LogP contribution in [-0.2, 0) is 6.42 Å². The van der Waals surface area contributed by atoms with Gasteiger partial charge in [0.2, 0.25) is 0 Å². The topological polar surface area (TPSA) is 23.5 Å². The number of aliphatic hydroxyl groups is 1. The van der Waals surface area contributed by atoms with Crippen LogP contribution in [0, 0.1) is 11.7 Å². The molecular formula is C15H22FNO. The van der Waals surface area contributed by atoms with Gasteiger partial charge in [0.1, 0.15) is 5.82 Å². The van der Waals surface area contributed by atoms with Crippen molar-refractivity contribution in [2.24, 2.45) is 5.92 Å². The van der Waals surface area contributed by atoms with Crippen molar-refractivity contribution in [2.75, 3.05) is 20.6 Å². The standard InChI is InChI=1S/C15H22FNO/c1-17(2)11-13-7-5-9-15(13,18)10-12-6-3-4-8-14(12)16/h3-4,6,8,13,18H,5,7,9-11H2,1-2H3. The zero-order valence-corrected chi connectivity index (χ0v) is 11.2. The molecule has 1 aromatic carbocycles. The van der Waals surface area contributed by atoms with Crippen LogP contribution in [-0.4, -0.2) is 36.2 Å². The quantitative estimate of drug-likeness (QED) is 0.888. The summed E-state index contributed by atoms with van der Waals surface area (Å²) in [5.41, 5.74) is -0.113. The Balaban J connectivity index is 2.13. The first-order chi connectivity index (χ1) is 8.51. The van der Waals surface area contributed by atoms with Crippen molar-refractivity contribution in [3.63, 3.8) is 0 Å². The van der Waals surface area contributed by atoms with E-state index in [1.807, 2.05) is 20.2 Å². The van der Waals surface area contributed by atoms with Crippen LogP contribution in [0.5, 0.6) is 0 Å². The number of nitrogens with zero attached hydrogens (tertiary/aromatic N) is 1. The molecule has 0 radical (unpaired) electrons. The van der Waals surface area contributed by atoms with Crippen LogP contribution in [0.3, 0.4) is 0 Å². The lowest BCUT2D eigenvalue weighted by molar-refractivity contribution is -0.00633. The second kappa shape index (κ2) is 5.37. The summed E-state index contributed by atoms with van der Waals surface area (Å²) in [5.74, 6) is 0.0357. The van der Waals surface area contributed by atoms with E-state index in [1.165, 1.54) is 6.07 Å². The molecule has 1 aromatic rings. The smallest absolute Gasteiger partial charge is 0.126 e. The van der Waals surface area contributed by atoms with Gasteiger partial charge in [-0.25, -0.2) is 4.39 Å². The largest absolute Gasteiger partial charge is 0.389 e. The van der Waals surface area contributed by atoms with E-state index in [9.17, 15) is 9.50 Å². The van der Waals surface area contributed by atoms with Gasteiger partial charge < -0.3 is 10.0 Å². The van der Waals surface area contributed by atoms with Gasteiger partial charge in [-0.1, -0.05) is 24.6 Å². The number of hydrogen-bond donors (Lipinski definition) is 1. The Morgan fingerprint density at radius 1 is 1.39 bits per heavy atom. The van der Waals surface area contributed by atoms with Gasteiger partial charge in [0.25, 0.3) is 0 Å². The van der Waals surface area contributed by atoms with Crippen LogP contribution in [0.15, 0.2) is 24.3 Å². The van der Waals surface area contributed by atoms with Crippen LogP contribution >= 0.6 is 0 Å². The minimum atomic E-state index is -0.744. The molecule has 0 bridgehead atoms. The highest BCUT2D eigenvalue weighted by Gasteiger charge is 2.41. The third-order valence-corrected chi connectivity index (χ3v) is 3.96. The maximum absolute atomic E-state index is 13.7. The van der Waals surface area contributed by atoms with E-state index in [0.717, 1.165) is 25.8 Å². The minimum absolute atomic E-state index is 0.207. The van der Waals surface area contributed by atoms with Gasteiger partial charge in [-0.3, -0.25) is 0 Å². The number of hydrogen-bond acceptors (Lipinski definition) is 2. The third-order valence-electron chi connectivity index (χ3n) is 3.96. The third kappa shape index (κ3) is 2.90. The summed E-state index contributed by atoms with van der Waals surface area (Å²) in [4.78, 5) is 2.10. The zero-order valence-electron chi connectivity index (χ0n) is 11.2. The highest BCUT2D eigenvalue weighted by molar-refractivity contribution is 5.20. The van der Waals surface area contributed by atoms with Gasteiger partial charge in [0, 0.05) is 18.9 Å². The average molecular weight is 251 g/mol. The average Bonchev–Trinajstić information content (AvgIpc) is 2.63. The molecule has 18 heavy (non-hydrogen) atoms. The van der Waals surface area contributed by atoms with Crippen molar-refractivity contribution in [1.82, 2.24) is 4.90 Å². The molecule has 3 heteroatoms. The molecule has 2 nitrogen and oxygen atoms in total. The van der Waals surface area contributed by atoms with Crippen LogP contribution in [0.4, 0.5) is 4.39 Å². The van der Waals surface area contributed by atoms with Crippen molar-refractivity contribution in [3.8, 4) is 0 Å². The first kappa shape index (κ1) is 13.5. The Kier molecular flexibility index (Phi) is 4.03. The molecule has 1 fully saturated rings. The number of rotatable bonds is 4. The van der Waals surface area contributed by atoms with E-state index in [0.29, 0.717) is 12.0 Å². The van der Waals surface area contributed by atoms with Gasteiger partial charge in [-0.15, -0.1) is 0 Å². The predicted octanol–water partition coefficient (Wildman–Crippen LogP) is 2.46. The highest BCUT2D eigenvalue weighted by Crippen LogP contribution is 2.38. The molecule has 0 heterocycles. The summed E-state index contributed by atoms with van der Waals surface area (Å²) < 4.78 is 13.7. The molecular weight excluding hydrogens is 229 g/mol. The molecule has 0 amide bonds. The van der Waals surface area contributed by atoms with Crippen LogP contribution in [0.2, 0.25) is 0 Å². The Bertz CT molecular complexity index is 407. The molecule has 100 valence electrons. The fourth-order valence-electron chi connectivity index (χ4n) is 3.03. The molecule has 0 spiro atoms. The van der Waals surface area contributed by atoms with Crippen LogP contribution in [0.25, 0.3) is 0 Å². The van der Waals surface area contributed by atoms with Crippen LogP contribution in [0.1, 0.15) is 24.8 Å². The Hall–Kier alpha value is -0.930. The lowest BCUT2D eigenvalue weighted by Crippen LogP contribution is -2.41. The molecule has 1 aliphatic rings. The van der Waals surface area contributed by atoms with Gasteiger partial charge in [0.05, 0.1) is 5.60 Å². The van der Waals surface area contributed by atoms with Crippen molar-refractivity contribution in [2.45, 2.75) is 31.3 Å². The van der Waals surface area contributed by atoms with Gasteiger partial charge in [0.15, 0.2) is 0 Å². The summed E-state index contributed by atoms with van der Waals surface area (Å²) in [6, 6.07) is 6.76. The van der Waals surface area contributed by atoms with E-state index >= 15 is 0 Å². The van der Waals surface area contributed by atoms with E-state index in [-0.39, 0.29) is 11.7 Å². The van der Waals surface area contributed by atoms with E-state index in [4.69, 9.17) is 0 Å². The van der Waals surface area contributed by atoms with Gasteiger partial charge >= 0.3 is 0 Å². The number of halogens is 1. The van der Waals surface area contributed by atoms with E-state index in [1.54, 1.807) is 12.1 Å². The Labute approximate surface area is 108 Å². The highest BCUT2D eigenvalue weighted by atomic mass is 19.1. The normalized spacial score (nSPS) is 27.9. The van der Waals surface area contributed by atoms with Crippen molar-refractivity contribution < 1.29 is 9.50 Å². The summed E-state index contributed by atoms with van der Waals surface area (Å²) >= 11 is 0.